The maximum absolute atomic E-state index is 12.8. The second kappa shape index (κ2) is 8.70. The van der Waals surface area contributed by atoms with Gasteiger partial charge in [-0.05, 0) is 50.6 Å². The average Bonchev–Trinajstić information content (AvgIpc) is 3.25. The van der Waals surface area contributed by atoms with Gasteiger partial charge in [-0.2, -0.15) is 0 Å². The number of hydrogen-bond donors (Lipinski definition) is 1. The molecule has 0 spiro atoms. The molecule has 0 unspecified atom stereocenters. The van der Waals surface area contributed by atoms with E-state index in [-0.39, 0.29) is 18.9 Å². The van der Waals surface area contributed by atoms with Crippen LogP contribution >= 0.6 is 0 Å². The molecule has 1 amide bonds. The van der Waals surface area contributed by atoms with Crippen LogP contribution in [-0.2, 0) is 22.6 Å². The van der Waals surface area contributed by atoms with E-state index in [2.05, 4.69) is 10.3 Å². The summed E-state index contributed by atoms with van der Waals surface area (Å²) in [5, 5.41) is 3.04. The molecule has 0 saturated carbocycles. The average molecular weight is 437 g/mol. The van der Waals surface area contributed by atoms with Gasteiger partial charge in [0.05, 0.1) is 5.39 Å². The molecule has 3 heterocycles. The van der Waals surface area contributed by atoms with Crippen LogP contribution in [0.25, 0.3) is 11.0 Å². The minimum atomic E-state index is -1.09. The lowest BCUT2D eigenvalue weighted by Crippen LogP contribution is -2.36. The van der Waals surface area contributed by atoms with Gasteiger partial charge in [0, 0.05) is 25.0 Å². The van der Waals surface area contributed by atoms with Crippen molar-refractivity contribution in [3.8, 4) is 11.5 Å². The smallest absolute Gasteiger partial charge is 0.344 e. The van der Waals surface area contributed by atoms with Crippen LogP contribution in [0.4, 0.5) is 0 Å². The molecule has 1 N–H and O–H groups in total. The molecule has 3 aromatic rings. The fourth-order valence-corrected chi connectivity index (χ4v) is 3.41. The predicted molar refractivity (Wildman–Crippen MR) is 116 cm³/mol. The van der Waals surface area contributed by atoms with Crippen molar-refractivity contribution in [3.63, 3.8) is 0 Å². The molecule has 0 aliphatic carbocycles. The third-order valence-electron chi connectivity index (χ3n) is 5.18. The van der Waals surface area contributed by atoms with Crippen molar-refractivity contribution < 1.29 is 23.8 Å². The van der Waals surface area contributed by atoms with E-state index in [9.17, 15) is 14.4 Å². The lowest BCUT2D eigenvalue weighted by Gasteiger charge is -2.15. The minimum absolute atomic E-state index is 0.138. The van der Waals surface area contributed by atoms with Crippen LogP contribution in [0, 0.1) is 6.92 Å². The number of pyridine rings is 2. The SMILES string of the molecule is CCn1cc(C(=O)O[C@@H](C)C(=O)NCc2ccc3c(c2)OCO3)c(=O)c2ccc(C)nc21. The van der Waals surface area contributed by atoms with Gasteiger partial charge in [0.25, 0.3) is 5.91 Å². The second-order valence-corrected chi connectivity index (χ2v) is 7.43. The number of nitrogens with one attached hydrogen (secondary N) is 1. The standard InChI is InChI=1S/C23H23N3O6/c1-4-26-11-17(20(27)16-7-5-13(2)25-21(16)26)23(29)32-14(3)22(28)24-10-15-6-8-18-19(9-15)31-12-30-18/h5-9,11,14H,4,10,12H2,1-3H3,(H,24,28)/t14-/m0/s1. The monoisotopic (exact) mass is 437 g/mol. The number of fused-ring (bicyclic) bond motifs is 2. The normalized spacial score (nSPS) is 13.1. The number of carbonyl (C=O) groups excluding carboxylic acids is 2. The molecule has 0 radical (unpaired) electrons. The zero-order valence-electron chi connectivity index (χ0n) is 18.0. The molecule has 2 aromatic heterocycles. The lowest BCUT2D eigenvalue weighted by molar-refractivity contribution is -0.129. The molecule has 0 fully saturated rings. The van der Waals surface area contributed by atoms with E-state index in [1.54, 1.807) is 28.8 Å². The van der Waals surface area contributed by atoms with Crippen LogP contribution in [0.1, 0.15) is 35.5 Å². The van der Waals surface area contributed by atoms with Gasteiger partial charge in [0.15, 0.2) is 17.6 Å². The summed E-state index contributed by atoms with van der Waals surface area (Å²) >= 11 is 0. The topological polar surface area (TPSA) is 109 Å². The van der Waals surface area contributed by atoms with Gasteiger partial charge in [-0.3, -0.25) is 9.59 Å². The van der Waals surface area contributed by atoms with Gasteiger partial charge < -0.3 is 24.1 Å². The van der Waals surface area contributed by atoms with Crippen molar-refractivity contribution >= 4 is 22.9 Å². The van der Waals surface area contributed by atoms with Crippen LogP contribution in [0.5, 0.6) is 11.5 Å². The number of rotatable bonds is 6. The highest BCUT2D eigenvalue weighted by Crippen LogP contribution is 2.32. The summed E-state index contributed by atoms with van der Waals surface area (Å²) in [6.07, 6.45) is 0.342. The molecule has 1 aliphatic rings. The van der Waals surface area contributed by atoms with Gasteiger partial charge in [0.1, 0.15) is 11.2 Å². The van der Waals surface area contributed by atoms with Gasteiger partial charge in [0.2, 0.25) is 12.2 Å². The van der Waals surface area contributed by atoms with Crippen molar-refractivity contribution in [1.29, 1.82) is 0 Å². The Hall–Kier alpha value is -3.88. The van der Waals surface area contributed by atoms with Crippen molar-refractivity contribution in [2.24, 2.45) is 0 Å². The first-order chi connectivity index (χ1) is 15.4. The van der Waals surface area contributed by atoms with Crippen molar-refractivity contribution in [2.75, 3.05) is 6.79 Å². The number of hydrogen-bond acceptors (Lipinski definition) is 7. The fraction of sp³-hybridized carbons (Fsp3) is 0.304. The summed E-state index contributed by atoms with van der Waals surface area (Å²) in [6.45, 7) is 6.07. The van der Waals surface area contributed by atoms with E-state index in [1.807, 2.05) is 19.9 Å². The molecule has 1 aromatic carbocycles. The molecule has 0 bridgehead atoms. The zero-order chi connectivity index (χ0) is 22.8. The van der Waals surface area contributed by atoms with Crippen LogP contribution < -0.4 is 20.2 Å². The van der Waals surface area contributed by atoms with Crippen LogP contribution in [-0.4, -0.2) is 34.3 Å². The Kier molecular flexibility index (Phi) is 5.81. The number of amides is 1. The number of aryl methyl sites for hydroxylation is 2. The molecule has 166 valence electrons. The maximum Gasteiger partial charge on any atom is 0.344 e. The van der Waals surface area contributed by atoms with E-state index < -0.39 is 23.4 Å². The molecule has 4 rings (SSSR count). The van der Waals surface area contributed by atoms with E-state index in [1.165, 1.54) is 13.1 Å². The Morgan fingerprint density at radius 1 is 1.22 bits per heavy atom. The maximum atomic E-state index is 12.8. The van der Waals surface area contributed by atoms with Crippen LogP contribution in [0.2, 0.25) is 0 Å². The van der Waals surface area contributed by atoms with E-state index in [0.717, 1.165) is 11.3 Å². The number of benzene rings is 1. The first kappa shape index (κ1) is 21.4. The largest absolute Gasteiger partial charge is 0.454 e. The molecule has 1 atom stereocenters. The van der Waals surface area contributed by atoms with Crippen molar-refractivity contribution in [3.05, 3.63) is 63.6 Å². The predicted octanol–water partition coefficient (Wildman–Crippen LogP) is 2.32. The fourth-order valence-electron chi connectivity index (χ4n) is 3.41. The summed E-state index contributed by atoms with van der Waals surface area (Å²) in [5.74, 6) is -0.0689. The minimum Gasteiger partial charge on any atom is -0.454 e. The molecule has 0 saturated heterocycles. The lowest BCUT2D eigenvalue weighted by atomic mass is 10.1. The Morgan fingerprint density at radius 3 is 2.78 bits per heavy atom. The van der Waals surface area contributed by atoms with E-state index in [0.29, 0.717) is 29.1 Å². The highest BCUT2D eigenvalue weighted by molar-refractivity contribution is 5.94. The third-order valence-corrected chi connectivity index (χ3v) is 5.18. The van der Waals surface area contributed by atoms with Gasteiger partial charge >= 0.3 is 5.97 Å². The summed E-state index contributed by atoms with van der Waals surface area (Å²) < 4.78 is 17.6. The molecular formula is C23H23N3O6. The number of carbonyl (C=O) groups is 2. The zero-order valence-corrected chi connectivity index (χ0v) is 18.0. The first-order valence-electron chi connectivity index (χ1n) is 10.3. The summed E-state index contributed by atoms with van der Waals surface area (Å²) in [5.41, 5.74) is 1.46. The van der Waals surface area contributed by atoms with Crippen molar-refractivity contribution in [2.45, 2.75) is 40.0 Å². The molecule has 1 aliphatic heterocycles. The summed E-state index contributed by atoms with van der Waals surface area (Å²) in [7, 11) is 0. The van der Waals surface area contributed by atoms with Crippen LogP contribution in [0.15, 0.2) is 41.3 Å². The van der Waals surface area contributed by atoms with E-state index in [4.69, 9.17) is 14.2 Å². The molecule has 9 heteroatoms. The number of nitrogens with zero attached hydrogens (tertiary/aromatic N) is 2. The van der Waals surface area contributed by atoms with E-state index >= 15 is 0 Å². The van der Waals surface area contributed by atoms with Gasteiger partial charge in [-0.15, -0.1) is 0 Å². The molecule has 32 heavy (non-hydrogen) atoms. The Balaban J connectivity index is 1.45. The van der Waals surface area contributed by atoms with Gasteiger partial charge in [-0.25, -0.2) is 9.78 Å². The highest BCUT2D eigenvalue weighted by Gasteiger charge is 2.23. The van der Waals surface area contributed by atoms with Gasteiger partial charge in [-0.1, -0.05) is 6.07 Å². The number of esters is 1. The Labute approximate surface area is 183 Å². The first-order valence-corrected chi connectivity index (χ1v) is 10.3. The second-order valence-electron chi connectivity index (χ2n) is 7.43. The Bertz CT molecular complexity index is 1270. The molecular weight excluding hydrogens is 414 g/mol. The third kappa shape index (κ3) is 4.14. The number of ether oxygens (including phenoxy) is 3. The Morgan fingerprint density at radius 2 is 2.00 bits per heavy atom. The molecule has 9 nitrogen and oxygen atoms in total. The van der Waals surface area contributed by atoms with Crippen molar-refractivity contribution in [1.82, 2.24) is 14.9 Å². The summed E-state index contributed by atoms with van der Waals surface area (Å²) in [6, 6.07) is 8.71. The van der Waals surface area contributed by atoms with Crippen LogP contribution in [0.3, 0.4) is 0 Å². The highest BCUT2D eigenvalue weighted by atomic mass is 16.7. The number of aromatic nitrogens is 2. The summed E-state index contributed by atoms with van der Waals surface area (Å²) in [4.78, 5) is 42.4. The quantitative estimate of drug-likeness (QED) is 0.590.